The molecule has 5 atom stereocenters. The molecule has 1 saturated heterocycles. The van der Waals surface area contributed by atoms with Gasteiger partial charge >= 0.3 is 0 Å². The van der Waals surface area contributed by atoms with Crippen molar-refractivity contribution >= 4 is 0 Å². The predicted octanol–water partition coefficient (Wildman–Crippen LogP) is 4.86. The molecule has 1 spiro atoms. The van der Waals surface area contributed by atoms with Crippen molar-refractivity contribution < 1.29 is 9.47 Å². The van der Waals surface area contributed by atoms with Crippen LogP contribution >= 0.6 is 0 Å². The van der Waals surface area contributed by atoms with E-state index in [1.54, 1.807) is 5.57 Å². The molecule has 0 radical (unpaired) electrons. The molecule has 0 aromatic rings. The van der Waals surface area contributed by atoms with Crippen molar-refractivity contribution in [1.82, 2.24) is 0 Å². The summed E-state index contributed by atoms with van der Waals surface area (Å²) in [6, 6.07) is 0. The molecule has 1 heterocycles. The first-order valence-corrected chi connectivity index (χ1v) is 9.72. The Hall–Kier alpha value is -0.600. The normalized spacial score (nSPS) is 50.3. The summed E-state index contributed by atoms with van der Waals surface area (Å²) in [7, 11) is 0. The van der Waals surface area contributed by atoms with Crippen LogP contribution in [0.1, 0.15) is 58.8 Å². The molecule has 0 amide bonds. The van der Waals surface area contributed by atoms with Gasteiger partial charge in [0, 0.05) is 12.8 Å². The molecule has 5 rings (SSSR count). The number of hydrogen-bond acceptors (Lipinski definition) is 2. The molecule has 126 valence electrons. The van der Waals surface area contributed by atoms with E-state index in [0.717, 1.165) is 43.8 Å². The highest BCUT2D eigenvalue weighted by atomic mass is 16.7. The SMILES string of the molecule is C[C@]12CCC3(CC1=CC[C@@H]1[C@@H]2C=C[C@]2(C)CCC[C@@H]12)OCCO3. The van der Waals surface area contributed by atoms with E-state index in [2.05, 4.69) is 32.1 Å². The second-order valence-electron chi connectivity index (χ2n) is 9.22. The van der Waals surface area contributed by atoms with Crippen LogP contribution in [0.25, 0.3) is 0 Å². The smallest absolute Gasteiger partial charge is 0.172 e. The van der Waals surface area contributed by atoms with Gasteiger partial charge < -0.3 is 9.47 Å². The van der Waals surface area contributed by atoms with E-state index < -0.39 is 0 Å². The minimum atomic E-state index is -0.279. The molecule has 0 unspecified atom stereocenters. The minimum absolute atomic E-state index is 0.279. The molecule has 4 aliphatic carbocycles. The maximum atomic E-state index is 6.02. The molecule has 0 aromatic carbocycles. The number of ether oxygens (including phenoxy) is 2. The summed E-state index contributed by atoms with van der Waals surface area (Å²) in [6.07, 6.45) is 16.6. The van der Waals surface area contributed by atoms with Crippen LogP contribution in [0, 0.1) is 28.6 Å². The predicted molar refractivity (Wildman–Crippen MR) is 90.9 cm³/mol. The Morgan fingerprint density at radius 3 is 2.74 bits per heavy atom. The summed E-state index contributed by atoms with van der Waals surface area (Å²) in [4.78, 5) is 0. The van der Waals surface area contributed by atoms with Crippen LogP contribution in [-0.4, -0.2) is 19.0 Å². The van der Waals surface area contributed by atoms with Gasteiger partial charge in [0.15, 0.2) is 5.79 Å². The lowest BCUT2D eigenvalue weighted by Crippen LogP contribution is -2.50. The molecule has 23 heavy (non-hydrogen) atoms. The summed E-state index contributed by atoms with van der Waals surface area (Å²) >= 11 is 0. The molecule has 0 N–H and O–H groups in total. The maximum Gasteiger partial charge on any atom is 0.172 e. The average molecular weight is 314 g/mol. The van der Waals surface area contributed by atoms with Crippen LogP contribution in [0.4, 0.5) is 0 Å². The highest BCUT2D eigenvalue weighted by molar-refractivity contribution is 5.30. The van der Waals surface area contributed by atoms with E-state index in [1.165, 1.54) is 32.1 Å². The van der Waals surface area contributed by atoms with Gasteiger partial charge in [-0.1, -0.05) is 44.1 Å². The zero-order valence-corrected chi connectivity index (χ0v) is 14.6. The van der Waals surface area contributed by atoms with Crippen LogP contribution in [0.5, 0.6) is 0 Å². The van der Waals surface area contributed by atoms with Gasteiger partial charge in [-0.2, -0.15) is 0 Å². The quantitative estimate of drug-likeness (QED) is 0.595. The molecule has 2 nitrogen and oxygen atoms in total. The molecule has 3 fully saturated rings. The first kappa shape index (κ1) is 14.7. The van der Waals surface area contributed by atoms with Crippen LogP contribution in [-0.2, 0) is 9.47 Å². The molecular formula is C21H30O2. The average Bonchev–Trinajstić information content (AvgIpc) is 3.15. The van der Waals surface area contributed by atoms with Gasteiger partial charge in [0.05, 0.1) is 13.2 Å². The Balaban J connectivity index is 1.49. The lowest BCUT2D eigenvalue weighted by molar-refractivity contribution is -0.181. The highest BCUT2D eigenvalue weighted by Gasteiger charge is 2.56. The van der Waals surface area contributed by atoms with Crippen LogP contribution in [0.15, 0.2) is 23.8 Å². The van der Waals surface area contributed by atoms with Gasteiger partial charge in [-0.3, -0.25) is 0 Å². The van der Waals surface area contributed by atoms with Gasteiger partial charge in [0.1, 0.15) is 0 Å². The lowest BCUT2D eigenvalue weighted by Gasteiger charge is -2.56. The fourth-order valence-corrected chi connectivity index (χ4v) is 6.74. The molecule has 1 aliphatic heterocycles. The fraction of sp³-hybridized carbons (Fsp3) is 0.810. The third-order valence-electron chi connectivity index (χ3n) is 8.14. The third kappa shape index (κ3) is 1.94. The van der Waals surface area contributed by atoms with Crippen LogP contribution in [0.2, 0.25) is 0 Å². The van der Waals surface area contributed by atoms with Crippen LogP contribution < -0.4 is 0 Å². The summed E-state index contributed by atoms with van der Waals surface area (Å²) in [5, 5.41) is 0. The van der Waals surface area contributed by atoms with Crippen molar-refractivity contribution in [3.05, 3.63) is 23.8 Å². The van der Waals surface area contributed by atoms with Gasteiger partial charge in [-0.25, -0.2) is 0 Å². The molecule has 2 heteroatoms. The number of hydrogen-bond donors (Lipinski definition) is 0. The van der Waals surface area contributed by atoms with Gasteiger partial charge in [-0.15, -0.1) is 0 Å². The molecule has 2 saturated carbocycles. The summed E-state index contributed by atoms with van der Waals surface area (Å²) in [6.45, 7) is 6.58. The molecule has 5 aliphatic rings. The Bertz CT molecular complexity index is 570. The second-order valence-corrected chi connectivity index (χ2v) is 9.22. The standard InChI is InChI=1S/C21H30O2/c1-19-8-3-4-17(19)16-6-5-15-14-21(22-12-13-23-21)11-10-20(15,2)18(16)7-9-19/h5,7,9,16-18H,3-4,6,8,10-14H2,1-2H3/t16-,17-,18-,19-,20-/m0/s1. The molecule has 0 aromatic heterocycles. The Labute approximate surface area is 140 Å². The fourth-order valence-electron chi connectivity index (χ4n) is 6.74. The highest BCUT2D eigenvalue weighted by Crippen LogP contribution is 2.63. The Kier molecular flexibility index (Phi) is 3.03. The van der Waals surface area contributed by atoms with Crippen molar-refractivity contribution in [3.63, 3.8) is 0 Å². The largest absolute Gasteiger partial charge is 0.347 e. The van der Waals surface area contributed by atoms with Gasteiger partial charge in [0.2, 0.25) is 0 Å². The second kappa shape index (κ2) is 4.73. The zero-order valence-electron chi connectivity index (χ0n) is 14.6. The maximum absolute atomic E-state index is 6.02. The van der Waals surface area contributed by atoms with E-state index in [-0.39, 0.29) is 5.79 Å². The van der Waals surface area contributed by atoms with E-state index in [4.69, 9.17) is 9.47 Å². The van der Waals surface area contributed by atoms with Gasteiger partial charge in [0.25, 0.3) is 0 Å². The topological polar surface area (TPSA) is 18.5 Å². The van der Waals surface area contributed by atoms with Crippen LogP contribution in [0.3, 0.4) is 0 Å². The summed E-state index contributed by atoms with van der Waals surface area (Å²) < 4.78 is 12.0. The summed E-state index contributed by atoms with van der Waals surface area (Å²) in [5.41, 5.74) is 2.44. The number of fused-ring (bicyclic) bond motifs is 5. The van der Waals surface area contributed by atoms with E-state index in [9.17, 15) is 0 Å². The van der Waals surface area contributed by atoms with Crippen molar-refractivity contribution in [2.24, 2.45) is 28.6 Å². The molecular weight excluding hydrogens is 284 g/mol. The lowest BCUT2D eigenvalue weighted by atomic mass is 9.50. The minimum Gasteiger partial charge on any atom is -0.347 e. The van der Waals surface area contributed by atoms with E-state index >= 15 is 0 Å². The van der Waals surface area contributed by atoms with E-state index in [0.29, 0.717) is 10.8 Å². The number of rotatable bonds is 0. The monoisotopic (exact) mass is 314 g/mol. The van der Waals surface area contributed by atoms with Crippen molar-refractivity contribution in [1.29, 1.82) is 0 Å². The summed E-state index contributed by atoms with van der Waals surface area (Å²) in [5.74, 6) is 2.22. The Morgan fingerprint density at radius 1 is 1.09 bits per heavy atom. The number of allylic oxidation sites excluding steroid dienone is 3. The van der Waals surface area contributed by atoms with Crippen molar-refractivity contribution in [2.75, 3.05) is 13.2 Å². The first-order chi connectivity index (χ1) is 11.0. The van der Waals surface area contributed by atoms with Crippen molar-refractivity contribution in [3.8, 4) is 0 Å². The Morgan fingerprint density at radius 2 is 1.91 bits per heavy atom. The van der Waals surface area contributed by atoms with Crippen molar-refractivity contribution in [2.45, 2.75) is 64.6 Å². The van der Waals surface area contributed by atoms with E-state index in [1.807, 2.05) is 0 Å². The third-order valence-corrected chi connectivity index (χ3v) is 8.14. The molecule has 0 bridgehead atoms. The zero-order chi connectivity index (χ0) is 15.7. The van der Waals surface area contributed by atoms with Gasteiger partial charge in [-0.05, 0) is 54.3 Å². The first-order valence-electron chi connectivity index (χ1n) is 9.72.